The quantitative estimate of drug-likeness (QED) is 0.294. The molecule has 0 spiro atoms. The first-order valence-electron chi connectivity index (χ1n) is 5.50. The van der Waals surface area contributed by atoms with Gasteiger partial charge in [-0.2, -0.15) is 24.3 Å². The molecule has 4 nitrogen and oxygen atoms in total. The predicted octanol–water partition coefficient (Wildman–Crippen LogP) is 3.20. The van der Waals surface area contributed by atoms with E-state index in [4.69, 9.17) is 10.4 Å². The first kappa shape index (κ1) is 17.2. The molecule has 0 bridgehead atoms. The van der Waals surface area contributed by atoms with Crippen LogP contribution in [0, 0.1) is 0 Å². The molecule has 102 valence electrons. The van der Waals surface area contributed by atoms with Gasteiger partial charge < -0.3 is 10.4 Å². The molecule has 19 heavy (non-hydrogen) atoms. The van der Waals surface area contributed by atoms with Crippen molar-refractivity contribution < 1.29 is 27.5 Å². The van der Waals surface area contributed by atoms with E-state index in [2.05, 4.69) is 10.3 Å². The van der Waals surface area contributed by atoms with Crippen molar-refractivity contribution >= 4 is 11.4 Å². The Morgan fingerprint density at radius 2 is 1.00 bits per heavy atom. The molecule has 2 aromatic carbocycles. The Labute approximate surface area is 123 Å². The normalized spacial score (nSPS) is 11.3. The Balaban J connectivity index is 0.000000324. The van der Waals surface area contributed by atoms with Gasteiger partial charge in [0.1, 0.15) is 0 Å². The minimum atomic E-state index is 0. The molecular formula is C14H16FeN2O2. The third kappa shape index (κ3) is 5.55. The summed E-state index contributed by atoms with van der Waals surface area (Å²) < 4.78 is 0. The Kier molecular flexibility index (Phi) is 8.25. The Hall–Kier alpha value is -1.84. The molecule has 0 saturated carbocycles. The maximum atomic E-state index is 8.29. The summed E-state index contributed by atoms with van der Waals surface area (Å²) in [6.07, 6.45) is 0. The first-order chi connectivity index (χ1) is 8.69. The van der Waals surface area contributed by atoms with Crippen LogP contribution in [0.1, 0.15) is 25.0 Å². The topological polar surface area (TPSA) is 65.2 Å². The van der Waals surface area contributed by atoms with Crippen LogP contribution < -0.4 is 0 Å². The molecule has 2 rings (SSSR count). The molecule has 0 unspecified atom stereocenters. The van der Waals surface area contributed by atoms with Crippen molar-refractivity contribution in [3.63, 3.8) is 0 Å². The van der Waals surface area contributed by atoms with Gasteiger partial charge >= 0.3 is 17.1 Å². The molecular weight excluding hydrogens is 284 g/mol. The SMILES string of the molecule is CC(=NO)[c-]1cccc1.CC(=NO)[c-]1cccc1.[Fe+2]. The number of rotatable bonds is 2. The van der Waals surface area contributed by atoms with Gasteiger partial charge in [0.2, 0.25) is 0 Å². The summed E-state index contributed by atoms with van der Waals surface area (Å²) in [5.74, 6) is 0. The minimum Gasteiger partial charge on any atom is -0.411 e. The molecule has 0 saturated heterocycles. The minimum absolute atomic E-state index is 0. The summed E-state index contributed by atoms with van der Waals surface area (Å²) in [7, 11) is 0. The molecule has 5 heteroatoms. The maximum Gasteiger partial charge on any atom is 2.00 e. The fraction of sp³-hybridized carbons (Fsp3) is 0.143. The molecule has 0 radical (unpaired) electrons. The van der Waals surface area contributed by atoms with E-state index in [1.807, 2.05) is 48.5 Å². The summed E-state index contributed by atoms with van der Waals surface area (Å²) in [4.78, 5) is 0. The second-order valence-corrected chi connectivity index (χ2v) is 3.72. The van der Waals surface area contributed by atoms with Gasteiger partial charge in [0.05, 0.1) is 0 Å². The molecule has 0 amide bonds. The summed E-state index contributed by atoms with van der Waals surface area (Å²) >= 11 is 0. The van der Waals surface area contributed by atoms with E-state index in [0.29, 0.717) is 11.4 Å². The van der Waals surface area contributed by atoms with Gasteiger partial charge in [-0.25, -0.2) is 24.3 Å². The van der Waals surface area contributed by atoms with E-state index >= 15 is 0 Å². The van der Waals surface area contributed by atoms with Crippen LogP contribution in [0.4, 0.5) is 0 Å². The fourth-order valence-corrected chi connectivity index (χ4v) is 1.35. The second-order valence-electron chi connectivity index (χ2n) is 3.72. The summed E-state index contributed by atoms with van der Waals surface area (Å²) in [5.41, 5.74) is 3.25. The van der Waals surface area contributed by atoms with Gasteiger partial charge in [-0.3, -0.25) is 0 Å². The standard InChI is InChI=1S/2C7H8NO.Fe/c2*1-6(8-9)7-4-2-3-5-7;/h2*2-5,9H,1H3;/q2*-1;+2. The molecule has 0 aliphatic carbocycles. The van der Waals surface area contributed by atoms with Gasteiger partial charge in [-0.1, -0.05) is 0 Å². The molecule has 0 heterocycles. The van der Waals surface area contributed by atoms with Crippen LogP contribution in [0.5, 0.6) is 0 Å². The zero-order valence-electron chi connectivity index (χ0n) is 10.8. The summed E-state index contributed by atoms with van der Waals surface area (Å²) in [6, 6.07) is 15.2. The van der Waals surface area contributed by atoms with E-state index in [1.54, 1.807) is 13.8 Å². The van der Waals surface area contributed by atoms with E-state index < -0.39 is 0 Å². The Bertz CT molecular complexity index is 451. The molecule has 2 N–H and O–H groups in total. The van der Waals surface area contributed by atoms with Crippen LogP contribution in [0.15, 0.2) is 58.8 Å². The van der Waals surface area contributed by atoms with Crippen LogP contribution in [0.25, 0.3) is 0 Å². The zero-order chi connectivity index (χ0) is 13.4. The number of nitrogens with zero attached hydrogens (tertiary/aromatic N) is 2. The van der Waals surface area contributed by atoms with Crippen LogP contribution in [0.3, 0.4) is 0 Å². The first-order valence-corrected chi connectivity index (χ1v) is 5.50. The maximum absolute atomic E-state index is 8.29. The average molecular weight is 300 g/mol. The average Bonchev–Trinajstić information content (AvgIpc) is 3.09. The molecule has 0 fully saturated rings. The predicted molar refractivity (Wildman–Crippen MR) is 72.1 cm³/mol. The van der Waals surface area contributed by atoms with E-state index in [-0.39, 0.29) is 17.1 Å². The number of hydrogen-bond donors (Lipinski definition) is 2. The van der Waals surface area contributed by atoms with Gasteiger partial charge in [0.15, 0.2) is 0 Å². The smallest absolute Gasteiger partial charge is 0.411 e. The van der Waals surface area contributed by atoms with E-state index in [9.17, 15) is 0 Å². The van der Waals surface area contributed by atoms with Crippen molar-refractivity contribution in [2.24, 2.45) is 10.3 Å². The van der Waals surface area contributed by atoms with Crippen LogP contribution in [-0.4, -0.2) is 21.8 Å². The summed E-state index contributed by atoms with van der Waals surface area (Å²) in [6.45, 7) is 3.52. The van der Waals surface area contributed by atoms with Gasteiger partial charge in [-0.15, -0.1) is 21.4 Å². The van der Waals surface area contributed by atoms with E-state index in [1.165, 1.54) is 0 Å². The number of hydrogen-bond acceptors (Lipinski definition) is 4. The van der Waals surface area contributed by atoms with E-state index in [0.717, 1.165) is 11.1 Å². The molecule has 2 aromatic rings. The molecule has 0 aromatic heterocycles. The van der Waals surface area contributed by atoms with Crippen molar-refractivity contribution in [3.05, 3.63) is 59.7 Å². The molecule has 0 atom stereocenters. The zero-order valence-corrected chi connectivity index (χ0v) is 11.9. The monoisotopic (exact) mass is 300 g/mol. The van der Waals surface area contributed by atoms with Gasteiger partial charge in [0.25, 0.3) is 0 Å². The van der Waals surface area contributed by atoms with Crippen LogP contribution in [0.2, 0.25) is 0 Å². The van der Waals surface area contributed by atoms with Gasteiger partial charge in [0, 0.05) is 11.4 Å². The largest absolute Gasteiger partial charge is 2.00 e. The van der Waals surface area contributed by atoms with Gasteiger partial charge in [-0.05, 0) is 13.8 Å². The summed E-state index contributed by atoms with van der Waals surface area (Å²) in [5, 5.41) is 22.7. The Morgan fingerprint density at radius 1 is 0.737 bits per heavy atom. The van der Waals surface area contributed by atoms with Crippen molar-refractivity contribution in [2.75, 3.05) is 0 Å². The fourth-order valence-electron chi connectivity index (χ4n) is 1.35. The van der Waals surface area contributed by atoms with Crippen LogP contribution in [-0.2, 0) is 17.1 Å². The Morgan fingerprint density at radius 3 is 1.21 bits per heavy atom. The third-order valence-corrected chi connectivity index (χ3v) is 2.46. The molecule has 0 aliphatic rings. The third-order valence-electron chi connectivity index (χ3n) is 2.46. The van der Waals surface area contributed by atoms with Crippen molar-refractivity contribution in [1.29, 1.82) is 0 Å². The van der Waals surface area contributed by atoms with Crippen molar-refractivity contribution in [1.82, 2.24) is 0 Å². The second kappa shape index (κ2) is 9.14. The molecule has 0 aliphatic heterocycles. The number of oxime groups is 2. The van der Waals surface area contributed by atoms with Crippen molar-refractivity contribution in [2.45, 2.75) is 13.8 Å². The van der Waals surface area contributed by atoms with Crippen LogP contribution >= 0.6 is 0 Å². The van der Waals surface area contributed by atoms with Crippen molar-refractivity contribution in [3.8, 4) is 0 Å².